The van der Waals surface area contributed by atoms with Gasteiger partial charge < -0.3 is 15.5 Å². The molecule has 1 aromatic rings. The minimum absolute atomic E-state index is 0. The molecule has 2 N–H and O–H groups in total. The second kappa shape index (κ2) is 14.5. The summed E-state index contributed by atoms with van der Waals surface area (Å²) in [6.45, 7) is 14.0. The van der Waals surface area contributed by atoms with Gasteiger partial charge in [-0.3, -0.25) is 9.89 Å². The Balaban J connectivity index is 0.00000338. The molecular formula is C19H34IN5S. The zero-order chi connectivity index (χ0) is 17.7. The number of benzene rings is 1. The smallest absolute Gasteiger partial charge is 0.191 e. The highest BCUT2D eigenvalue weighted by Gasteiger charge is 2.14. The van der Waals surface area contributed by atoms with Crippen LogP contribution in [-0.2, 0) is 0 Å². The molecule has 0 saturated carbocycles. The summed E-state index contributed by atoms with van der Waals surface area (Å²) in [5, 5.41) is 6.77. The molecule has 1 heterocycles. The molecule has 148 valence electrons. The van der Waals surface area contributed by atoms with Crippen molar-refractivity contribution >= 4 is 41.7 Å². The Morgan fingerprint density at radius 2 is 1.73 bits per heavy atom. The van der Waals surface area contributed by atoms with E-state index in [1.54, 1.807) is 0 Å². The van der Waals surface area contributed by atoms with E-state index in [0.717, 1.165) is 37.9 Å². The van der Waals surface area contributed by atoms with Gasteiger partial charge in [-0.15, -0.1) is 35.7 Å². The highest BCUT2D eigenvalue weighted by molar-refractivity contribution is 14.0. The number of piperazine rings is 1. The Kier molecular flexibility index (Phi) is 13.2. The molecule has 0 atom stereocenters. The molecule has 0 spiro atoms. The molecule has 1 fully saturated rings. The predicted molar refractivity (Wildman–Crippen MR) is 125 cm³/mol. The molecule has 0 radical (unpaired) electrons. The summed E-state index contributed by atoms with van der Waals surface area (Å²) in [6.07, 6.45) is 0. The summed E-state index contributed by atoms with van der Waals surface area (Å²) >= 11 is 1.87. The average Bonchev–Trinajstić information content (AvgIpc) is 2.66. The summed E-state index contributed by atoms with van der Waals surface area (Å²) in [4.78, 5) is 11.1. The predicted octanol–water partition coefficient (Wildman–Crippen LogP) is 2.59. The van der Waals surface area contributed by atoms with Gasteiger partial charge >= 0.3 is 0 Å². The topological polar surface area (TPSA) is 42.9 Å². The van der Waals surface area contributed by atoms with Crippen LogP contribution in [0.2, 0.25) is 0 Å². The lowest BCUT2D eigenvalue weighted by Gasteiger charge is -2.33. The number of nitrogens with zero attached hydrogens (tertiary/aromatic N) is 3. The van der Waals surface area contributed by atoms with Crippen LogP contribution in [-0.4, -0.2) is 80.4 Å². The molecule has 1 aromatic carbocycles. The van der Waals surface area contributed by atoms with E-state index in [2.05, 4.69) is 64.6 Å². The Labute approximate surface area is 180 Å². The van der Waals surface area contributed by atoms with Crippen molar-refractivity contribution in [3.8, 4) is 0 Å². The molecule has 1 aliphatic heterocycles. The summed E-state index contributed by atoms with van der Waals surface area (Å²) in [5.41, 5.74) is 0. The Morgan fingerprint density at radius 1 is 1.04 bits per heavy atom. The lowest BCUT2D eigenvalue weighted by molar-refractivity contribution is 0.140. The lowest BCUT2D eigenvalue weighted by atomic mass is 10.3. The van der Waals surface area contributed by atoms with E-state index in [9.17, 15) is 0 Å². The van der Waals surface area contributed by atoms with Gasteiger partial charge in [-0.2, -0.15) is 0 Å². The Morgan fingerprint density at radius 3 is 2.38 bits per heavy atom. The molecule has 7 heteroatoms. The fourth-order valence-electron chi connectivity index (χ4n) is 2.83. The van der Waals surface area contributed by atoms with Crippen molar-refractivity contribution < 1.29 is 0 Å². The van der Waals surface area contributed by atoms with Crippen LogP contribution in [0.3, 0.4) is 0 Å². The Bertz CT molecular complexity index is 492. The number of likely N-dealkylation sites (N-methyl/N-ethyl adjacent to an activating group) is 1. The highest BCUT2D eigenvalue weighted by Crippen LogP contribution is 2.15. The molecule has 0 amide bonds. The third-order valence-electron chi connectivity index (χ3n) is 4.35. The van der Waals surface area contributed by atoms with Crippen molar-refractivity contribution in [3.63, 3.8) is 0 Å². The molecule has 5 nitrogen and oxygen atoms in total. The monoisotopic (exact) mass is 491 g/mol. The number of guanidine groups is 1. The van der Waals surface area contributed by atoms with E-state index in [4.69, 9.17) is 4.99 Å². The number of nitrogens with one attached hydrogen (secondary N) is 2. The summed E-state index contributed by atoms with van der Waals surface area (Å²) in [6, 6.07) is 10.5. The molecule has 1 saturated heterocycles. The first-order valence-electron chi connectivity index (χ1n) is 9.46. The maximum Gasteiger partial charge on any atom is 0.191 e. The van der Waals surface area contributed by atoms with E-state index in [1.165, 1.54) is 37.6 Å². The fraction of sp³-hybridized carbons (Fsp3) is 0.632. The maximum absolute atomic E-state index is 4.72. The quantitative estimate of drug-likeness (QED) is 0.183. The van der Waals surface area contributed by atoms with Crippen molar-refractivity contribution in [3.05, 3.63) is 30.3 Å². The lowest BCUT2D eigenvalue weighted by Crippen LogP contribution is -2.47. The second-order valence-corrected chi connectivity index (χ2v) is 7.29. The zero-order valence-electron chi connectivity index (χ0n) is 16.1. The van der Waals surface area contributed by atoms with Crippen LogP contribution in [0.1, 0.15) is 13.8 Å². The van der Waals surface area contributed by atoms with Gasteiger partial charge in [0.2, 0.25) is 0 Å². The van der Waals surface area contributed by atoms with Crippen molar-refractivity contribution in [2.45, 2.75) is 18.7 Å². The third kappa shape index (κ3) is 9.43. The number of hydrogen-bond donors (Lipinski definition) is 2. The van der Waals surface area contributed by atoms with Crippen LogP contribution in [0, 0.1) is 0 Å². The van der Waals surface area contributed by atoms with Crippen molar-refractivity contribution in [2.24, 2.45) is 4.99 Å². The molecule has 1 aliphatic rings. The molecule has 0 bridgehead atoms. The van der Waals surface area contributed by atoms with Gasteiger partial charge in [-0.1, -0.05) is 25.1 Å². The molecule has 0 unspecified atom stereocenters. The van der Waals surface area contributed by atoms with E-state index in [-0.39, 0.29) is 24.0 Å². The third-order valence-corrected chi connectivity index (χ3v) is 5.36. The number of halogens is 1. The van der Waals surface area contributed by atoms with Gasteiger partial charge in [0.25, 0.3) is 0 Å². The maximum atomic E-state index is 4.72. The van der Waals surface area contributed by atoms with Crippen LogP contribution < -0.4 is 10.6 Å². The second-order valence-electron chi connectivity index (χ2n) is 6.12. The van der Waals surface area contributed by atoms with Crippen LogP contribution in [0.4, 0.5) is 0 Å². The van der Waals surface area contributed by atoms with Gasteiger partial charge in [0, 0.05) is 56.5 Å². The first kappa shape index (κ1) is 23.5. The van der Waals surface area contributed by atoms with Gasteiger partial charge in [-0.25, -0.2) is 0 Å². The molecule has 0 aromatic heterocycles. The molecule has 0 aliphatic carbocycles. The molecule has 26 heavy (non-hydrogen) atoms. The largest absolute Gasteiger partial charge is 0.357 e. The Hall–Kier alpha value is -0.510. The highest BCUT2D eigenvalue weighted by atomic mass is 127. The summed E-state index contributed by atoms with van der Waals surface area (Å²) in [5.74, 6) is 1.97. The fourth-order valence-corrected chi connectivity index (χ4v) is 3.62. The first-order valence-corrected chi connectivity index (χ1v) is 10.4. The summed E-state index contributed by atoms with van der Waals surface area (Å²) < 4.78 is 0. The van der Waals surface area contributed by atoms with Crippen molar-refractivity contribution in [1.82, 2.24) is 20.4 Å². The number of rotatable bonds is 9. The number of hydrogen-bond acceptors (Lipinski definition) is 4. The molecule has 2 rings (SSSR count). The van der Waals surface area contributed by atoms with Gasteiger partial charge in [0.1, 0.15) is 0 Å². The van der Waals surface area contributed by atoms with Crippen LogP contribution in [0.25, 0.3) is 0 Å². The normalized spacial score (nSPS) is 16.2. The van der Waals surface area contributed by atoms with E-state index in [1.807, 2.05) is 11.8 Å². The van der Waals surface area contributed by atoms with E-state index in [0.29, 0.717) is 0 Å². The zero-order valence-corrected chi connectivity index (χ0v) is 19.3. The van der Waals surface area contributed by atoms with Crippen LogP contribution in [0.5, 0.6) is 0 Å². The molecular weight excluding hydrogens is 457 g/mol. The van der Waals surface area contributed by atoms with E-state index < -0.39 is 0 Å². The average molecular weight is 491 g/mol. The van der Waals surface area contributed by atoms with Gasteiger partial charge in [0.05, 0.1) is 6.54 Å². The van der Waals surface area contributed by atoms with E-state index >= 15 is 0 Å². The van der Waals surface area contributed by atoms with Gasteiger partial charge in [-0.05, 0) is 25.6 Å². The summed E-state index contributed by atoms with van der Waals surface area (Å²) in [7, 11) is 0. The van der Waals surface area contributed by atoms with Gasteiger partial charge in [0.15, 0.2) is 5.96 Å². The first-order chi connectivity index (χ1) is 12.3. The SMILES string of the molecule is CCNC(=NCCN1CCN(CC)CC1)NCCSc1ccccc1.I. The standard InChI is InChI=1S/C19H33N5S.HI/c1-3-20-19(22-11-17-25-18-8-6-5-7-9-18)21-10-12-24-15-13-23(4-2)14-16-24;/h5-9H,3-4,10-17H2,1-2H3,(H2,20,21,22);1H. The van der Waals surface area contributed by atoms with Crippen LogP contribution in [0.15, 0.2) is 40.2 Å². The number of thioether (sulfide) groups is 1. The minimum Gasteiger partial charge on any atom is -0.357 e. The minimum atomic E-state index is 0. The number of aliphatic imine (C=N–C) groups is 1. The van der Waals surface area contributed by atoms with Crippen molar-refractivity contribution in [1.29, 1.82) is 0 Å². The van der Waals surface area contributed by atoms with Crippen LogP contribution >= 0.6 is 35.7 Å². The van der Waals surface area contributed by atoms with Crippen molar-refractivity contribution in [2.75, 3.05) is 64.7 Å².